The summed E-state index contributed by atoms with van der Waals surface area (Å²) in [5, 5.41) is 12.1. The highest BCUT2D eigenvalue weighted by atomic mass is 16.4. The van der Waals surface area contributed by atoms with Gasteiger partial charge in [-0.25, -0.2) is 4.79 Å². The number of carboxylic acids is 1. The molecule has 0 aromatic heterocycles. The van der Waals surface area contributed by atoms with Gasteiger partial charge in [0, 0.05) is 0 Å². The number of aryl methyl sites for hydroxylation is 1. The maximum Gasteiger partial charge on any atom is 0.335 e. The zero-order valence-corrected chi connectivity index (χ0v) is 9.21. The summed E-state index contributed by atoms with van der Waals surface area (Å²) in [6.07, 6.45) is 0.876. The first-order chi connectivity index (χ1) is 7.15. The molecule has 0 aliphatic heterocycles. The number of carboxylic acid groups (broad SMARTS) is 1. The van der Waals surface area contributed by atoms with Crippen molar-refractivity contribution in [2.75, 3.05) is 13.1 Å². The molecule has 0 amide bonds. The van der Waals surface area contributed by atoms with Crippen molar-refractivity contribution in [2.45, 2.75) is 20.3 Å². The summed E-state index contributed by atoms with van der Waals surface area (Å²) in [6, 6.07) is 5.27. The fourth-order valence-electron chi connectivity index (χ4n) is 1.47. The topological polar surface area (TPSA) is 49.3 Å². The van der Waals surface area contributed by atoms with E-state index in [1.54, 1.807) is 12.1 Å². The highest BCUT2D eigenvalue weighted by Crippen LogP contribution is 2.11. The van der Waals surface area contributed by atoms with Gasteiger partial charge in [-0.1, -0.05) is 13.0 Å². The van der Waals surface area contributed by atoms with Crippen LogP contribution in [0.3, 0.4) is 0 Å². The van der Waals surface area contributed by atoms with Gasteiger partial charge in [0.2, 0.25) is 0 Å². The minimum absolute atomic E-state index is 0.368. The Bertz CT molecular complexity index is 347. The van der Waals surface area contributed by atoms with Crippen LogP contribution in [0.15, 0.2) is 18.2 Å². The van der Waals surface area contributed by atoms with E-state index in [9.17, 15) is 4.79 Å². The number of rotatable bonds is 5. The Hall–Kier alpha value is -1.35. The van der Waals surface area contributed by atoms with Crippen LogP contribution in [0.5, 0.6) is 0 Å². The molecule has 0 saturated heterocycles. The van der Waals surface area contributed by atoms with Crippen LogP contribution >= 0.6 is 0 Å². The quantitative estimate of drug-likeness (QED) is 0.724. The fraction of sp³-hybridized carbons (Fsp3) is 0.417. The Labute approximate surface area is 90.1 Å². The fourth-order valence-corrected chi connectivity index (χ4v) is 1.47. The highest BCUT2D eigenvalue weighted by molar-refractivity contribution is 5.87. The Morgan fingerprint density at radius 2 is 2.20 bits per heavy atom. The molecule has 0 aliphatic rings. The van der Waals surface area contributed by atoms with E-state index in [4.69, 9.17) is 5.11 Å². The summed E-state index contributed by atoms with van der Waals surface area (Å²) in [5.74, 6) is -0.861. The van der Waals surface area contributed by atoms with Gasteiger partial charge < -0.3 is 10.4 Å². The Balaban J connectivity index is 2.76. The minimum atomic E-state index is -0.861. The van der Waals surface area contributed by atoms with Gasteiger partial charge in [-0.3, -0.25) is 0 Å². The summed E-state index contributed by atoms with van der Waals surface area (Å²) in [4.78, 5) is 10.8. The van der Waals surface area contributed by atoms with Gasteiger partial charge in [-0.2, -0.15) is 0 Å². The van der Waals surface area contributed by atoms with E-state index < -0.39 is 5.97 Å². The molecular weight excluding hydrogens is 190 g/mol. The van der Waals surface area contributed by atoms with Crippen molar-refractivity contribution in [1.29, 1.82) is 0 Å². The lowest BCUT2D eigenvalue weighted by Gasteiger charge is -2.07. The minimum Gasteiger partial charge on any atom is -0.478 e. The monoisotopic (exact) mass is 207 g/mol. The zero-order chi connectivity index (χ0) is 11.3. The molecule has 1 rings (SSSR count). The third kappa shape index (κ3) is 3.36. The summed E-state index contributed by atoms with van der Waals surface area (Å²) < 4.78 is 0. The second-order valence-corrected chi connectivity index (χ2v) is 3.55. The van der Waals surface area contributed by atoms with E-state index in [0.717, 1.165) is 30.6 Å². The predicted molar refractivity (Wildman–Crippen MR) is 60.4 cm³/mol. The lowest BCUT2D eigenvalue weighted by molar-refractivity contribution is 0.0697. The van der Waals surface area contributed by atoms with Gasteiger partial charge in [-0.05, 0) is 49.7 Å². The first-order valence-corrected chi connectivity index (χ1v) is 5.18. The molecule has 15 heavy (non-hydrogen) atoms. The molecule has 0 fully saturated rings. The number of likely N-dealkylation sites (N-methyl/N-ethyl adjacent to an activating group) is 1. The number of hydrogen-bond acceptors (Lipinski definition) is 2. The van der Waals surface area contributed by atoms with Crippen LogP contribution in [-0.4, -0.2) is 24.2 Å². The van der Waals surface area contributed by atoms with Crippen molar-refractivity contribution in [3.8, 4) is 0 Å². The molecule has 1 aromatic carbocycles. The predicted octanol–water partition coefficient (Wildman–Crippen LogP) is 1.85. The molecule has 0 bridgehead atoms. The smallest absolute Gasteiger partial charge is 0.335 e. The number of carbonyl (C=O) groups is 1. The molecule has 0 radical (unpaired) electrons. The van der Waals surface area contributed by atoms with E-state index in [1.807, 2.05) is 13.0 Å². The van der Waals surface area contributed by atoms with Gasteiger partial charge in [0.15, 0.2) is 0 Å². The van der Waals surface area contributed by atoms with E-state index in [1.165, 1.54) is 0 Å². The molecule has 2 N–H and O–H groups in total. The number of nitrogens with one attached hydrogen (secondary N) is 1. The molecule has 0 unspecified atom stereocenters. The Morgan fingerprint density at radius 1 is 1.47 bits per heavy atom. The van der Waals surface area contributed by atoms with Crippen molar-refractivity contribution >= 4 is 5.97 Å². The van der Waals surface area contributed by atoms with Gasteiger partial charge in [0.25, 0.3) is 0 Å². The van der Waals surface area contributed by atoms with Gasteiger partial charge >= 0.3 is 5.97 Å². The first-order valence-electron chi connectivity index (χ1n) is 5.18. The SMILES string of the molecule is CCNCCc1cc(C(=O)O)ccc1C. The highest BCUT2D eigenvalue weighted by Gasteiger charge is 2.05. The van der Waals surface area contributed by atoms with E-state index in [2.05, 4.69) is 12.2 Å². The Morgan fingerprint density at radius 3 is 2.80 bits per heavy atom. The first kappa shape index (κ1) is 11.7. The van der Waals surface area contributed by atoms with Crippen molar-refractivity contribution in [3.05, 3.63) is 34.9 Å². The van der Waals surface area contributed by atoms with Crippen LogP contribution in [-0.2, 0) is 6.42 Å². The van der Waals surface area contributed by atoms with Crippen molar-refractivity contribution in [3.63, 3.8) is 0 Å². The molecular formula is C12H17NO2. The third-order valence-corrected chi connectivity index (χ3v) is 2.42. The van der Waals surface area contributed by atoms with Crippen LogP contribution in [0.2, 0.25) is 0 Å². The van der Waals surface area contributed by atoms with E-state index in [-0.39, 0.29) is 0 Å². The van der Waals surface area contributed by atoms with E-state index >= 15 is 0 Å². The molecule has 3 heteroatoms. The molecule has 0 atom stereocenters. The molecule has 0 heterocycles. The number of benzene rings is 1. The molecule has 0 aliphatic carbocycles. The lowest BCUT2D eigenvalue weighted by atomic mass is 10.0. The van der Waals surface area contributed by atoms with Gasteiger partial charge in [0.1, 0.15) is 0 Å². The maximum atomic E-state index is 10.8. The molecule has 82 valence electrons. The molecule has 0 saturated carbocycles. The van der Waals surface area contributed by atoms with Crippen LogP contribution in [0.4, 0.5) is 0 Å². The summed E-state index contributed by atoms with van der Waals surface area (Å²) in [7, 11) is 0. The third-order valence-electron chi connectivity index (χ3n) is 2.42. The zero-order valence-electron chi connectivity index (χ0n) is 9.21. The normalized spacial score (nSPS) is 10.3. The van der Waals surface area contributed by atoms with Crippen molar-refractivity contribution < 1.29 is 9.90 Å². The Kier molecular flexibility index (Phi) is 4.31. The van der Waals surface area contributed by atoms with Crippen LogP contribution in [0.1, 0.15) is 28.4 Å². The van der Waals surface area contributed by atoms with Gasteiger partial charge in [0.05, 0.1) is 5.56 Å². The lowest BCUT2D eigenvalue weighted by Crippen LogP contribution is -2.16. The van der Waals surface area contributed by atoms with Crippen LogP contribution in [0.25, 0.3) is 0 Å². The van der Waals surface area contributed by atoms with Crippen molar-refractivity contribution in [2.24, 2.45) is 0 Å². The average Bonchev–Trinajstić information content (AvgIpc) is 2.20. The maximum absolute atomic E-state index is 10.8. The number of aromatic carboxylic acids is 1. The van der Waals surface area contributed by atoms with E-state index in [0.29, 0.717) is 5.56 Å². The van der Waals surface area contributed by atoms with Crippen molar-refractivity contribution in [1.82, 2.24) is 5.32 Å². The number of hydrogen-bond donors (Lipinski definition) is 2. The van der Waals surface area contributed by atoms with Gasteiger partial charge in [-0.15, -0.1) is 0 Å². The summed E-state index contributed by atoms with van der Waals surface area (Å²) in [5.41, 5.74) is 2.63. The second-order valence-electron chi connectivity index (χ2n) is 3.55. The summed E-state index contributed by atoms with van der Waals surface area (Å²) >= 11 is 0. The molecule has 1 aromatic rings. The standard InChI is InChI=1S/C12H17NO2/c1-3-13-7-6-10-8-11(12(14)15)5-4-9(10)2/h4-5,8,13H,3,6-7H2,1-2H3,(H,14,15). The average molecular weight is 207 g/mol. The van der Waals surface area contributed by atoms with Crippen LogP contribution in [0, 0.1) is 6.92 Å². The largest absolute Gasteiger partial charge is 0.478 e. The summed E-state index contributed by atoms with van der Waals surface area (Å²) in [6.45, 7) is 5.89. The second kappa shape index (κ2) is 5.51. The van der Waals surface area contributed by atoms with Crippen LogP contribution < -0.4 is 5.32 Å². The molecule has 3 nitrogen and oxygen atoms in total. The molecule has 0 spiro atoms.